The SMILES string of the molecule is CSc1ccc(Cl)c(C(=O)OCC(=O)N2C[C@@H](C)O[C@@H](C)C2)c1. The number of amides is 1. The van der Waals surface area contributed by atoms with Gasteiger partial charge in [-0.15, -0.1) is 11.8 Å². The van der Waals surface area contributed by atoms with Crippen LogP contribution in [-0.4, -0.2) is 54.9 Å². The maximum Gasteiger partial charge on any atom is 0.340 e. The van der Waals surface area contributed by atoms with E-state index in [0.29, 0.717) is 18.1 Å². The molecule has 1 fully saturated rings. The fraction of sp³-hybridized carbons (Fsp3) is 0.500. The van der Waals surface area contributed by atoms with Gasteiger partial charge in [0.05, 0.1) is 22.8 Å². The van der Waals surface area contributed by atoms with Gasteiger partial charge in [-0.05, 0) is 38.3 Å². The first-order valence-electron chi connectivity index (χ1n) is 7.34. The first kappa shape index (κ1) is 18.1. The van der Waals surface area contributed by atoms with Gasteiger partial charge in [-0.3, -0.25) is 4.79 Å². The molecule has 126 valence electrons. The molecule has 0 bridgehead atoms. The van der Waals surface area contributed by atoms with Crippen molar-refractivity contribution in [2.75, 3.05) is 26.0 Å². The summed E-state index contributed by atoms with van der Waals surface area (Å²) in [6.45, 7) is 4.54. The summed E-state index contributed by atoms with van der Waals surface area (Å²) in [5.74, 6) is -0.814. The molecule has 0 aromatic heterocycles. The second kappa shape index (κ2) is 8.04. The van der Waals surface area contributed by atoms with Crippen LogP contribution in [0.3, 0.4) is 0 Å². The maximum atomic E-state index is 12.2. The summed E-state index contributed by atoms with van der Waals surface area (Å²) < 4.78 is 10.7. The molecule has 23 heavy (non-hydrogen) atoms. The average Bonchev–Trinajstić information content (AvgIpc) is 2.51. The Kier molecular flexibility index (Phi) is 6.33. The van der Waals surface area contributed by atoms with E-state index in [1.807, 2.05) is 26.2 Å². The highest BCUT2D eigenvalue weighted by Gasteiger charge is 2.26. The van der Waals surface area contributed by atoms with Crippen molar-refractivity contribution >= 4 is 35.2 Å². The van der Waals surface area contributed by atoms with Crippen molar-refractivity contribution in [2.45, 2.75) is 31.0 Å². The van der Waals surface area contributed by atoms with E-state index in [1.165, 1.54) is 11.8 Å². The molecule has 1 aromatic carbocycles. The highest BCUT2D eigenvalue weighted by Crippen LogP contribution is 2.23. The molecule has 1 aliphatic heterocycles. The van der Waals surface area contributed by atoms with E-state index in [9.17, 15) is 9.59 Å². The normalized spacial score (nSPS) is 21.1. The number of morpholine rings is 1. The number of ether oxygens (including phenoxy) is 2. The summed E-state index contributed by atoms with van der Waals surface area (Å²) in [6, 6.07) is 5.14. The first-order chi connectivity index (χ1) is 10.9. The number of carbonyl (C=O) groups excluding carboxylic acids is 2. The van der Waals surface area contributed by atoms with Crippen LogP contribution >= 0.6 is 23.4 Å². The molecule has 0 radical (unpaired) electrons. The second-order valence-corrected chi connectivity index (χ2v) is 6.76. The molecule has 0 aliphatic carbocycles. The Balaban J connectivity index is 1.95. The van der Waals surface area contributed by atoms with Crippen LogP contribution in [0, 0.1) is 0 Å². The van der Waals surface area contributed by atoms with Gasteiger partial charge in [0.15, 0.2) is 6.61 Å². The van der Waals surface area contributed by atoms with Gasteiger partial charge in [-0.2, -0.15) is 0 Å². The zero-order valence-electron chi connectivity index (χ0n) is 13.4. The summed E-state index contributed by atoms with van der Waals surface area (Å²) in [6.07, 6.45) is 1.86. The lowest BCUT2D eigenvalue weighted by Crippen LogP contribution is -2.49. The molecule has 1 heterocycles. The number of benzene rings is 1. The second-order valence-electron chi connectivity index (χ2n) is 5.48. The van der Waals surface area contributed by atoms with Crippen LogP contribution in [-0.2, 0) is 14.3 Å². The molecule has 0 saturated carbocycles. The van der Waals surface area contributed by atoms with Crippen molar-refractivity contribution in [1.82, 2.24) is 4.90 Å². The van der Waals surface area contributed by atoms with Crippen molar-refractivity contribution in [3.05, 3.63) is 28.8 Å². The standard InChI is InChI=1S/C16H20ClNO4S/c1-10-7-18(8-11(2)22-10)15(19)9-21-16(20)13-6-12(23-3)4-5-14(13)17/h4-6,10-11H,7-9H2,1-3H3/t10-,11+. The van der Waals surface area contributed by atoms with Gasteiger partial charge in [0.2, 0.25) is 0 Å². The van der Waals surface area contributed by atoms with E-state index in [4.69, 9.17) is 21.1 Å². The largest absolute Gasteiger partial charge is 0.452 e. The molecule has 0 unspecified atom stereocenters. The molecule has 1 amide bonds. The molecular formula is C16H20ClNO4S. The molecule has 1 saturated heterocycles. The fourth-order valence-corrected chi connectivity index (χ4v) is 3.10. The Labute approximate surface area is 145 Å². The van der Waals surface area contributed by atoms with Gasteiger partial charge in [0.1, 0.15) is 0 Å². The maximum absolute atomic E-state index is 12.2. The van der Waals surface area contributed by atoms with Gasteiger partial charge < -0.3 is 14.4 Å². The number of nitrogens with zero attached hydrogens (tertiary/aromatic N) is 1. The van der Waals surface area contributed by atoms with Crippen LogP contribution < -0.4 is 0 Å². The quantitative estimate of drug-likeness (QED) is 0.612. The van der Waals surface area contributed by atoms with E-state index < -0.39 is 5.97 Å². The number of esters is 1. The van der Waals surface area contributed by atoms with Gasteiger partial charge in [-0.25, -0.2) is 4.79 Å². The van der Waals surface area contributed by atoms with E-state index in [0.717, 1.165) is 4.90 Å². The summed E-state index contributed by atoms with van der Waals surface area (Å²) in [5, 5.41) is 0.314. The Morgan fingerprint density at radius 1 is 1.35 bits per heavy atom. The van der Waals surface area contributed by atoms with Gasteiger partial charge >= 0.3 is 5.97 Å². The van der Waals surface area contributed by atoms with Gasteiger partial charge in [0, 0.05) is 18.0 Å². The Morgan fingerprint density at radius 2 is 2.00 bits per heavy atom. The van der Waals surface area contributed by atoms with E-state index >= 15 is 0 Å². The molecule has 7 heteroatoms. The van der Waals surface area contributed by atoms with Crippen molar-refractivity contribution in [3.63, 3.8) is 0 Å². The van der Waals surface area contributed by atoms with Crippen LogP contribution in [0.4, 0.5) is 0 Å². The number of halogens is 1. The predicted molar refractivity (Wildman–Crippen MR) is 90.1 cm³/mol. The Bertz CT molecular complexity index is 585. The minimum absolute atomic E-state index is 0.0221. The van der Waals surface area contributed by atoms with Crippen molar-refractivity contribution < 1.29 is 19.1 Å². The van der Waals surface area contributed by atoms with E-state index in [2.05, 4.69) is 0 Å². The van der Waals surface area contributed by atoms with Crippen LogP contribution in [0.1, 0.15) is 24.2 Å². The predicted octanol–water partition coefficient (Wildman–Crippen LogP) is 2.85. The van der Waals surface area contributed by atoms with Crippen molar-refractivity contribution in [2.24, 2.45) is 0 Å². The molecule has 1 aliphatic rings. The summed E-state index contributed by atoms with van der Waals surface area (Å²) >= 11 is 7.53. The highest BCUT2D eigenvalue weighted by atomic mass is 35.5. The number of thioether (sulfide) groups is 1. The minimum Gasteiger partial charge on any atom is -0.452 e. The first-order valence-corrected chi connectivity index (χ1v) is 8.95. The molecule has 1 aromatic rings. The number of carbonyl (C=O) groups is 2. The van der Waals surface area contributed by atoms with Gasteiger partial charge in [-0.1, -0.05) is 11.6 Å². The number of hydrogen-bond donors (Lipinski definition) is 0. The molecule has 0 N–H and O–H groups in total. The van der Waals surface area contributed by atoms with Crippen LogP contribution in [0.15, 0.2) is 23.1 Å². The number of rotatable bonds is 4. The van der Waals surface area contributed by atoms with Crippen molar-refractivity contribution in [3.8, 4) is 0 Å². The topological polar surface area (TPSA) is 55.8 Å². The average molecular weight is 358 g/mol. The third kappa shape index (κ3) is 4.86. The van der Waals surface area contributed by atoms with Crippen molar-refractivity contribution in [1.29, 1.82) is 0 Å². The fourth-order valence-electron chi connectivity index (χ4n) is 2.47. The van der Waals surface area contributed by atoms with Crippen LogP contribution in [0.25, 0.3) is 0 Å². The molecular weight excluding hydrogens is 338 g/mol. The molecule has 0 spiro atoms. The highest BCUT2D eigenvalue weighted by molar-refractivity contribution is 7.98. The zero-order chi connectivity index (χ0) is 17.0. The third-order valence-electron chi connectivity index (χ3n) is 3.49. The minimum atomic E-state index is -0.589. The molecule has 2 atom stereocenters. The summed E-state index contributed by atoms with van der Waals surface area (Å²) in [5.41, 5.74) is 0.273. The lowest BCUT2D eigenvalue weighted by atomic mass is 10.2. The number of hydrogen-bond acceptors (Lipinski definition) is 5. The lowest BCUT2D eigenvalue weighted by Gasteiger charge is -2.35. The van der Waals surface area contributed by atoms with E-state index in [-0.39, 0.29) is 30.3 Å². The van der Waals surface area contributed by atoms with Gasteiger partial charge in [0.25, 0.3) is 5.91 Å². The van der Waals surface area contributed by atoms with E-state index in [1.54, 1.807) is 17.0 Å². The molecule has 2 rings (SSSR count). The monoisotopic (exact) mass is 357 g/mol. The Hall–Kier alpha value is -1.24. The third-order valence-corrected chi connectivity index (χ3v) is 4.55. The van der Waals surface area contributed by atoms with Crippen LogP contribution in [0.5, 0.6) is 0 Å². The zero-order valence-corrected chi connectivity index (χ0v) is 14.9. The summed E-state index contributed by atoms with van der Waals surface area (Å²) in [7, 11) is 0. The lowest BCUT2D eigenvalue weighted by molar-refractivity contribution is -0.146. The Morgan fingerprint density at radius 3 is 2.61 bits per heavy atom. The smallest absolute Gasteiger partial charge is 0.340 e. The summed E-state index contributed by atoms with van der Waals surface area (Å²) in [4.78, 5) is 26.9. The molecule has 5 nitrogen and oxygen atoms in total. The van der Waals surface area contributed by atoms with Crippen LogP contribution in [0.2, 0.25) is 5.02 Å².